The van der Waals surface area contributed by atoms with Gasteiger partial charge in [-0.1, -0.05) is 11.3 Å². The van der Waals surface area contributed by atoms with E-state index in [-0.39, 0.29) is 6.10 Å². The van der Waals surface area contributed by atoms with Gasteiger partial charge in [0.2, 0.25) is 0 Å². The third-order valence-electron chi connectivity index (χ3n) is 4.59. The molecular formula is C20H18N8O2S. The SMILES string of the molecule is CO[C@@H](C)c1c(NC(=O)Nc2ccc(-n3nccn3)c(C#N)c2)cnc2sc(C)nc12. The minimum absolute atomic E-state index is 0.298. The molecule has 0 aliphatic carbocycles. The zero-order valence-corrected chi connectivity index (χ0v) is 17.8. The number of hydrogen-bond donors (Lipinski definition) is 2. The number of anilines is 2. The number of nitrogens with zero attached hydrogens (tertiary/aromatic N) is 6. The van der Waals surface area contributed by atoms with E-state index in [9.17, 15) is 10.1 Å². The number of nitriles is 1. The number of urea groups is 1. The number of carbonyl (C=O) groups is 1. The van der Waals surface area contributed by atoms with E-state index in [1.54, 1.807) is 31.5 Å². The molecule has 2 amide bonds. The van der Waals surface area contributed by atoms with Gasteiger partial charge in [-0.25, -0.2) is 14.8 Å². The van der Waals surface area contributed by atoms with Crippen LogP contribution in [0, 0.1) is 18.3 Å². The number of hydrogen-bond acceptors (Lipinski definition) is 8. The molecule has 11 heteroatoms. The predicted octanol–water partition coefficient (Wildman–Crippen LogP) is 3.80. The van der Waals surface area contributed by atoms with Crippen molar-refractivity contribution in [1.82, 2.24) is 25.0 Å². The Hall–Kier alpha value is -3.88. The van der Waals surface area contributed by atoms with Crippen LogP contribution in [0.1, 0.15) is 29.2 Å². The maximum atomic E-state index is 12.7. The number of aryl methyl sites for hydroxylation is 1. The summed E-state index contributed by atoms with van der Waals surface area (Å²) in [6, 6.07) is 6.51. The monoisotopic (exact) mass is 434 g/mol. The highest BCUT2D eigenvalue weighted by molar-refractivity contribution is 7.18. The van der Waals surface area contributed by atoms with E-state index in [4.69, 9.17) is 4.74 Å². The number of carbonyl (C=O) groups excluding carboxylic acids is 1. The molecule has 0 spiro atoms. The van der Waals surface area contributed by atoms with Crippen molar-refractivity contribution in [3.05, 3.63) is 52.9 Å². The molecule has 10 nitrogen and oxygen atoms in total. The van der Waals surface area contributed by atoms with Crippen LogP contribution in [0.25, 0.3) is 16.0 Å². The zero-order valence-electron chi connectivity index (χ0n) is 16.9. The fraction of sp³-hybridized carbons (Fsp3) is 0.200. The Kier molecular flexibility index (Phi) is 5.57. The lowest BCUT2D eigenvalue weighted by Gasteiger charge is -2.16. The number of pyridine rings is 1. The molecule has 0 fully saturated rings. The van der Waals surface area contributed by atoms with Crippen LogP contribution >= 0.6 is 11.3 Å². The van der Waals surface area contributed by atoms with Crippen molar-refractivity contribution in [1.29, 1.82) is 5.26 Å². The van der Waals surface area contributed by atoms with Gasteiger partial charge < -0.3 is 15.4 Å². The van der Waals surface area contributed by atoms with Crippen molar-refractivity contribution in [2.75, 3.05) is 17.7 Å². The van der Waals surface area contributed by atoms with Crippen LogP contribution < -0.4 is 10.6 Å². The van der Waals surface area contributed by atoms with Gasteiger partial charge in [-0.15, -0.1) is 0 Å². The topological polar surface area (TPSA) is 131 Å². The summed E-state index contributed by atoms with van der Waals surface area (Å²) in [5.74, 6) is 0. The summed E-state index contributed by atoms with van der Waals surface area (Å²) in [5.41, 5.74) is 3.25. The molecule has 2 N–H and O–H groups in total. The molecule has 1 aromatic carbocycles. The number of aromatic nitrogens is 5. The van der Waals surface area contributed by atoms with Gasteiger partial charge in [0, 0.05) is 18.4 Å². The number of nitrogens with one attached hydrogen (secondary N) is 2. The summed E-state index contributed by atoms with van der Waals surface area (Å²) >= 11 is 1.48. The summed E-state index contributed by atoms with van der Waals surface area (Å²) in [5, 5.41) is 24.0. The number of benzene rings is 1. The second kappa shape index (κ2) is 8.47. The van der Waals surface area contributed by atoms with Crippen LogP contribution in [0.15, 0.2) is 36.8 Å². The molecule has 3 heterocycles. The first-order valence-electron chi connectivity index (χ1n) is 9.28. The van der Waals surface area contributed by atoms with Crippen LogP contribution in [0.5, 0.6) is 0 Å². The minimum Gasteiger partial charge on any atom is -0.377 e. The fourth-order valence-corrected chi connectivity index (χ4v) is 3.91. The Morgan fingerprint density at radius 2 is 2.06 bits per heavy atom. The first-order chi connectivity index (χ1) is 15.0. The molecule has 0 saturated heterocycles. The van der Waals surface area contributed by atoms with Crippen LogP contribution in [0.3, 0.4) is 0 Å². The van der Waals surface area contributed by atoms with E-state index < -0.39 is 6.03 Å². The largest absolute Gasteiger partial charge is 0.377 e. The number of fused-ring (bicyclic) bond motifs is 1. The first kappa shape index (κ1) is 20.4. The van der Waals surface area contributed by atoms with Crippen molar-refractivity contribution >= 4 is 39.1 Å². The molecule has 4 aromatic rings. The van der Waals surface area contributed by atoms with E-state index in [2.05, 4.69) is 36.9 Å². The van der Waals surface area contributed by atoms with Crippen molar-refractivity contribution in [2.24, 2.45) is 0 Å². The molecule has 0 bridgehead atoms. The number of thiazole rings is 1. The van der Waals surface area contributed by atoms with E-state index in [0.29, 0.717) is 28.1 Å². The predicted molar refractivity (Wildman–Crippen MR) is 116 cm³/mol. The second-order valence-electron chi connectivity index (χ2n) is 6.59. The molecule has 31 heavy (non-hydrogen) atoms. The molecule has 4 rings (SSSR count). The normalized spacial score (nSPS) is 11.8. The number of rotatable bonds is 5. The molecule has 3 aromatic heterocycles. The molecule has 0 radical (unpaired) electrons. The van der Waals surface area contributed by atoms with Crippen molar-refractivity contribution in [3.8, 4) is 11.8 Å². The average Bonchev–Trinajstić information content (AvgIpc) is 3.42. The maximum absolute atomic E-state index is 12.7. The summed E-state index contributed by atoms with van der Waals surface area (Å²) in [6.07, 6.45) is 4.34. The Bertz CT molecular complexity index is 1290. The molecule has 156 valence electrons. The van der Waals surface area contributed by atoms with Gasteiger partial charge in [0.05, 0.1) is 41.0 Å². The van der Waals surface area contributed by atoms with E-state index in [1.165, 1.54) is 28.5 Å². The van der Waals surface area contributed by atoms with Crippen molar-refractivity contribution in [2.45, 2.75) is 20.0 Å². The van der Waals surface area contributed by atoms with Crippen molar-refractivity contribution in [3.63, 3.8) is 0 Å². The van der Waals surface area contributed by atoms with Gasteiger partial charge in [0.25, 0.3) is 0 Å². The van der Waals surface area contributed by atoms with Crippen LogP contribution in [-0.2, 0) is 4.74 Å². The van der Waals surface area contributed by atoms with Crippen molar-refractivity contribution < 1.29 is 9.53 Å². The quantitative estimate of drug-likeness (QED) is 0.488. The molecular weight excluding hydrogens is 416 g/mol. The van der Waals surface area contributed by atoms with Crippen LogP contribution in [0.2, 0.25) is 0 Å². The maximum Gasteiger partial charge on any atom is 0.323 e. The van der Waals surface area contributed by atoms with Crippen LogP contribution in [-0.4, -0.2) is 38.1 Å². The minimum atomic E-state index is -0.480. The highest BCUT2D eigenvalue weighted by Gasteiger charge is 2.20. The fourth-order valence-electron chi connectivity index (χ4n) is 3.13. The number of ether oxygens (including phenoxy) is 1. The summed E-state index contributed by atoms with van der Waals surface area (Å²) in [7, 11) is 1.60. The lowest BCUT2D eigenvalue weighted by molar-refractivity contribution is 0.121. The standard InChI is InChI=1S/C20H18N8O2S/c1-11(30-3)17-15(10-22-19-18(17)25-12(2)31-19)27-20(29)26-14-4-5-16(13(8-14)9-21)28-23-6-7-24-28/h4-8,10-11H,1-3H3,(H2,26,27,29)/t11-/m0/s1. The molecule has 0 unspecified atom stereocenters. The van der Waals surface area contributed by atoms with Crippen LogP contribution in [0.4, 0.5) is 16.2 Å². The molecule has 0 saturated carbocycles. The lowest BCUT2D eigenvalue weighted by atomic mass is 10.1. The molecule has 0 aliphatic rings. The third-order valence-corrected chi connectivity index (χ3v) is 5.47. The van der Waals surface area contributed by atoms with E-state index in [1.807, 2.05) is 13.8 Å². The highest BCUT2D eigenvalue weighted by atomic mass is 32.1. The van der Waals surface area contributed by atoms with E-state index in [0.717, 1.165) is 15.4 Å². The summed E-state index contributed by atoms with van der Waals surface area (Å²) in [6.45, 7) is 3.79. The smallest absolute Gasteiger partial charge is 0.323 e. The molecule has 0 aliphatic heterocycles. The van der Waals surface area contributed by atoms with Gasteiger partial charge in [0.15, 0.2) is 0 Å². The first-order valence-corrected chi connectivity index (χ1v) is 10.1. The van der Waals surface area contributed by atoms with Gasteiger partial charge in [0.1, 0.15) is 22.1 Å². The van der Waals surface area contributed by atoms with Gasteiger partial charge >= 0.3 is 6.03 Å². The Balaban J connectivity index is 1.59. The molecule has 1 atom stereocenters. The lowest BCUT2D eigenvalue weighted by Crippen LogP contribution is -2.21. The second-order valence-corrected chi connectivity index (χ2v) is 7.77. The third kappa shape index (κ3) is 4.07. The zero-order chi connectivity index (χ0) is 22.0. The Labute approximate surface area is 181 Å². The number of amides is 2. The summed E-state index contributed by atoms with van der Waals surface area (Å²) in [4.78, 5) is 23.8. The van der Waals surface area contributed by atoms with Gasteiger partial charge in [-0.3, -0.25) is 0 Å². The summed E-state index contributed by atoms with van der Waals surface area (Å²) < 4.78 is 5.49. The highest BCUT2D eigenvalue weighted by Crippen LogP contribution is 2.33. The van der Waals surface area contributed by atoms with E-state index >= 15 is 0 Å². The van der Waals surface area contributed by atoms with Gasteiger partial charge in [-0.2, -0.15) is 20.3 Å². The number of methoxy groups -OCH3 is 1. The Morgan fingerprint density at radius 1 is 1.29 bits per heavy atom. The average molecular weight is 434 g/mol. The Morgan fingerprint density at radius 3 is 2.77 bits per heavy atom. The van der Waals surface area contributed by atoms with Gasteiger partial charge in [-0.05, 0) is 32.0 Å².